The molecule has 0 atom stereocenters. The van der Waals surface area contributed by atoms with Crippen molar-refractivity contribution < 1.29 is 27.9 Å². The number of methoxy groups -OCH3 is 1. The fourth-order valence-corrected chi connectivity index (χ4v) is 3.76. The molecule has 41 heavy (non-hydrogen) atoms. The van der Waals surface area contributed by atoms with Crippen LogP contribution in [0.5, 0.6) is 0 Å². The van der Waals surface area contributed by atoms with Crippen molar-refractivity contribution in [1.82, 2.24) is 9.99 Å². The molecule has 0 radical (unpaired) electrons. The summed E-state index contributed by atoms with van der Waals surface area (Å²) in [6, 6.07) is 3.53. The van der Waals surface area contributed by atoms with Crippen LogP contribution < -0.4 is 16.5 Å². The Balaban J connectivity index is 0.00000180. The quantitative estimate of drug-likeness (QED) is 0.0954. The maximum absolute atomic E-state index is 13.9. The topological polar surface area (TPSA) is 141 Å². The lowest BCUT2D eigenvalue weighted by Gasteiger charge is -2.35. The van der Waals surface area contributed by atoms with Gasteiger partial charge < -0.3 is 30.0 Å². The highest BCUT2D eigenvalue weighted by molar-refractivity contribution is 5.80. The first-order valence-electron chi connectivity index (χ1n) is 14.0. The summed E-state index contributed by atoms with van der Waals surface area (Å²) in [5.41, 5.74) is 9.18. The van der Waals surface area contributed by atoms with E-state index in [4.69, 9.17) is 25.9 Å². The largest absolute Gasteiger partial charge is 0.471 e. The molecule has 4 N–H and O–H groups in total. The summed E-state index contributed by atoms with van der Waals surface area (Å²) < 4.78 is 37.3. The summed E-state index contributed by atoms with van der Waals surface area (Å²) in [6.45, 7) is 14.1. The Morgan fingerprint density at radius 1 is 1.29 bits per heavy atom. The molecule has 2 heterocycles. The van der Waals surface area contributed by atoms with Crippen molar-refractivity contribution in [3.63, 3.8) is 0 Å². The van der Waals surface area contributed by atoms with E-state index in [-0.39, 0.29) is 32.2 Å². The van der Waals surface area contributed by atoms with E-state index in [1.54, 1.807) is 24.1 Å². The summed E-state index contributed by atoms with van der Waals surface area (Å²) in [4.78, 5) is 24.7. The second kappa shape index (κ2) is 20.5. The number of halogens is 2. The number of piperidine rings is 1. The lowest BCUT2D eigenvalue weighted by Crippen LogP contribution is -2.43. The zero-order chi connectivity index (χ0) is 31.4. The maximum atomic E-state index is 13.9. The Morgan fingerprint density at radius 3 is 2.41 bits per heavy atom. The molecule has 2 fully saturated rings. The van der Waals surface area contributed by atoms with E-state index < -0.39 is 5.92 Å². The van der Waals surface area contributed by atoms with Gasteiger partial charge in [-0.25, -0.2) is 24.6 Å². The molecule has 234 valence electrons. The molecule has 0 amide bonds. The summed E-state index contributed by atoms with van der Waals surface area (Å²) in [7, 11) is 2.97. The molecule has 0 spiro atoms. The van der Waals surface area contributed by atoms with Crippen molar-refractivity contribution in [2.75, 3.05) is 45.5 Å². The average Bonchev–Trinajstić information content (AvgIpc) is 3.83. The molecule has 0 bridgehead atoms. The number of anilines is 1. The van der Waals surface area contributed by atoms with E-state index >= 15 is 0 Å². The fourth-order valence-electron chi connectivity index (χ4n) is 3.76. The van der Waals surface area contributed by atoms with Gasteiger partial charge in [0.1, 0.15) is 6.73 Å². The summed E-state index contributed by atoms with van der Waals surface area (Å²) in [5, 5.41) is 4.80. The van der Waals surface area contributed by atoms with Crippen LogP contribution in [0.1, 0.15) is 71.7 Å². The summed E-state index contributed by atoms with van der Waals surface area (Å²) >= 11 is 0. The molecule has 1 saturated heterocycles. The van der Waals surface area contributed by atoms with E-state index in [9.17, 15) is 8.78 Å². The van der Waals surface area contributed by atoms with Crippen molar-refractivity contribution in [2.45, 2.75) is 72.6 Å². The van der Waals surface area contributed by atoms with Gasteiger partial charge in [-0.3, -0.25) is 4.79 Å². The number of aromatic nitrogens is 1. The molecular weight excluding hydrogens is 536 g/mol. The Kier molecular flexibility index (Phi) is 18.9. The molecule has 3 rings (SSSR count). The Labute approximate surface area is 243 Å². The van der Waals surface area contributed by atoms with Crippen molar-refractivity contribution in [3.05, 3.63) is 29.2 Å². The molecular formula is C28H49F2N7O4. The number of rotatable bonds is 11. The minimum absolute atomic E-state index is 0.0573. The molecule has 11 nitrogen and oxygen atoms in total. The highest BCUT2D eigenvalue weighted by Gasteiger charge is 2.36. The maximum Gasteiger partial charge on any atom is 0.292 e. The third-order valence-electron chi connectivity index (χ3n) is 5.76. The molecule has 0 aromatic carbocycles. The van der Waals surface area contributed by atoms with Gasteiger partial charge in [0, 0.05) is 32.6 Å². The van der Waals surface area contributed by atoms with Crippen LogP contribution in [-0.4, -0.2) is 75.6 Å². The van der Waals surface area contributed by atoms with Gasteiger partial charge in [0.05, 0.1) is 48.7 Å². The highest BCUT2D eigenvalue weighted by Crippen LogP contribution is 2.32. The van der Waals surface area contributed by atoms with E-state index in [0.29, 0.717) is 60.2 Å². The van der Waals surface area contributed by atoms with Crippen LogP contribution in [0, 0.1) is 5.92 Å². The number of hydrogen-bond acceptors (Lipinski definition) is 11. The van der Waals surface area contributed by atoms with Gasteiger partial charge >= 0.3 is 0 Å². The molecule has 1 aromatic heterocycles. The lowest BCUT2D eigenvalue weighted by atomic mass is 10.1. The highest BCUT2D eigenvalue weighted by atomic mass is 19.3. The number of oxime groups is 1. The number of pyridine rings is 1. The van der Waals surface area contributed by atoms with Gasteiger partial charge in [-0.15, -0.1) is 0 Å². The van der Waals surface area contributed by atoms with Gasteiger partial charge in [0.15, 0.2) is 0 Å². The fraction of sp³-hybridized carbons (Fsp3) is 0.643. The molecule has 1 aromatic rings. The van der Waals surface area contributed by atoms with Crippen LogP contribution in [0.4, 0.5) is 14.5 Å². The molecule has 1 saturated carbocycles. The smallest absolute Gasteiger partial charge is 0.292 e. The molecule has 1 aliphatic carbocycles. The monoisotopic (exact) mass is 585 g/mol. The molecule has 1 aliphatic heterocycles. The molecule has 13 heteroatoms. The van der Waals surface area contributed by atoms with Crippen LogP contribution in [0.3, 0.4) is 0 Å². The van der Waals surface area contributed by atoms with E-state index in [2.05, 4.69) is 26.6 Å². The SMILES string of the molecule is C=NO/C(=N\COC/C(=C(/N)c1ccc(N2CCCC(F)(F)C2)c(CC)n1)N(C)N)C1CC1.CC.CC.COC=O. The third-order valence-corrected chi connectivity index (χ3v) is 5.76. The number of likely N-dealkylation sites (N-methyl/N-ethyl adjacent to an activating group) is 1. The van der Waals surface area contributed by atoms with Gasteiger partial charge in [-0.1, -0.05) is 39.8 Å². The first-order chi connectivity index (χ1) is 19.7. The summed E-state index contributed by atoms with van der Waals surface area (Å²) in [5.74, 6) is 4.07. The first-order valence-corrected chi connectivity index (χ1v) is 14.0. The van der Waals surface area contributed by atoms with Crippen molar-refractivity contribution in [3.8, 4) is 0 Å². The van der Waals surface area contributed by atoms with Crippen LogP contribution >= 0.6 is 0 Å². The minimum atomic E-state index is -2.69. The van der Waals surface area contributed by atoms with E-state index in [1.165, 1.54) is 12.1 Å². The normalized spacial score (nSPS) is 16.2. The van der Waals surface area contributed by atoms with Crippen LogP contribution in [0.15, 0.2) is 28.0 Å². The Morgan fingerprint density at radius 2 is 1.93 bits per heavy atom. The number of aryl methyl sites for hydroxylation is 1. The van der Waals surface area contributed by atoms with Crippen molar-refractivity contribution >= 4 is 30.5 Å². The van der Waals surface area contributed by atoms with Gasteiger partial charge in [-0.05, 0) is 37.8 Å². The second-order valence-electron chi connectivity index (χ2n) is 8.67. The van der Waals surface area contributed by atoms with Crippen LogP contribution in [0.25, 0.3) is 5.70 Å². The number of aliphatic imine (C=N–C) groups is 1. The number of carbonyl (C=O) groups excluding carboxylic acids is 1. The van der Waals surface area contributed by atoms with Crippen LogP contribution in [0.2, 0.25) is 0 Å². The van der Waals surface area contributed by atoms with E-state index in [0.717, 1.165) is 12.8 Å². The average molecular weight is 586 g/mol. The summed E-state index contributed by atoms with van der Waals surface area (Å²) in [6.07, 6.45) is 2.96. The molecule has 2 aliphatic rings. The Bertz CT molecular complexity index is 971. The number of nitrogens with zero attached hydrogens (tertiary/aromatic N) is 5. The zero-order valence-corrected chi connectivity index (χ0v) is 25.7. The lowest BCUT2D eigenvalue weighted by molar-refractivity contribution is -0.126. The van der Waals surface area contributed by atoms with Gasteiger partial charge in [-0.2, -0.15) is 0 Å². The Hall–Kier alpha value is -3.32. The number of hydrogen-bond donors (Lipinski definition) is 2. The van der Waals surface area contributed by atoms with Crippen LogP contribution in [-0.2, 0) is 25.5 Å². The second-order valence-corrected chi connectivity index (χ2v) is 8.67. The standard InChI is InChI=1S/C22H33F2N7O2.C2H4O2.2C2H6/c1-4-16-18(31-11-5-10-22(23,24)13-31)9-8-17(29-16)20(25)19(30(3)26)12-32-14-28-21(33-27-2)15-6-7-15;1-4-2-3;2*1-2/h8-9,15H,2,4-7,10-14,25-26H2,1,3H3;2H,1H3;2*1-2H3/b20-19-,28-21-;;;. The van der Waals surface area contributed by atoms with Crippen molar-refractivity contribution in [2.24, 2.45) is 27.6 Å². The van der Waals surface area contributed by atoms with Crippen molar-refractivity contribution in [1.29, 1.82) is 0 Å². The number of nitrogens with two attached hydrogens (primary N) is 2. The molecule has 0 unspecified atom stereocenters. The predicted molar refractivity (Wildman–Crippen MR) is 160 cm³/mol. The zero-order valence-electron chi connectivity index (χ0n) is 25.7. The number of alkyl halides is 2. The number of ether oxygens (including phenoxy) is 2. The predicted octanol–water partition coefficient (Wildman–Crippen LogP) is 4.57. The first kappa shape index (κ1) is 37.7. The van der Waals surface area contributed by atoms with Gasteiger partial charge in [0.2, 0.25) is 5.90 Å². The minimum Gasteiger partial charge on any atom is -0.471 e. The number of carbonyl (C=O) groups is 1. The number of hydrazine groups is 1. The van der Waals surface area contributed by atoms with Gasteiger partial charge in [0.25, 0.3) is 12.4 Å². The third kappa shape index (κ3) is 13.3. The van der Waals surface area contributed by atoms with E-state index in [1.807, 2.05) is 34.6 Å².